The molecule has 1 amide bonds. The second-order valence-corrected chi connectivity index (χ2v) is 5.36. The molecule has 0 heterocycles. The molecule has 0 aliphatic rings. The Morgan fingerprint density at radius 3 is 2.42 bits per heavy atom. The quantitative estimate of drug-likeness (QED) is 0.422. The van der Waals surface area contributed by atoms with Gasteiger partial charge in [0.2, 0.25) is 0 Å². The zero-order chi connectivity index (χ0) is 18.9. The number of amides is 1. The van der Waals surface area contributed by atoms with Crippen LogP contribution in [0.3, 0.4) is 0 Å². The third-order valence-electron chi connectivity index (χ3n) is 3.45. The van der Waals surface area contributed by atoms with Crippen LogP contribution in [0, 0.1) is 11.3 Å². The van der Waals surface area contributed by atoms with Gasteiger partial charge in [-0.3, -0.25) is 4.79 Å². The highest BCUT2D eigenvalue weighted by molar-refractivity contribution is 5.97. The fourth-order valence-corrected chi connectivity index (χ4v) is 2.15. The number of phenolic OH excluding ortho intramolecular Hbond substituents is 2. The minimum Gasteiger partial charge on any atom is -0.508 e. The van der Waals surface area contributed by atoms with E-state index in [-0.39, 0.29) is 23.6 Å². The van der Waals surface area contributed by atoms with E-state index in [2.05, 4.69) is 5.32 Å². The molecule has 0 saturated heterocycles. The Morgan fingerprint density at radius 1 is 1.19 bits per heavy atom. The van der Waals surface area contributed by atoms with Crippen LogP contribution in [-0.4, -0.2) is 23.2 Å². The van der Waals surface area contributed by atoms with Crippen molar-refractivity contribution in [2.45, 2.75) is 6.54 Å². The van der Waals surface area contributed by atoms with Crippen molar-refractivity contribution in [1.29, 1.82) is 5.26 Å². The lowest BCUT2D eigenvalue weighted by Gasteiger charge is -2.05. The van der Waals surface area contributed by atoms with Crippen molar-refractivity contribution in [3.63, 3.8) is 0 Å². The van der Waals surface area contributed by atoms with Crippen molar-refractivity contribution in [2.75, 3.05) is 7.11 Å². The van der Waals surface area contributed by atoms with Crippen LogP contribution >= 0.6 is 0 Å². The number of phenols is 2. The fourth-order valence-electron chi connectivity index (χ4n) is 2.15. The predicted octanol–water partition coefficient (Wildman–Crippen LogP) is 2.89. The second-order valence-electron chi connectivity index (χ2n) is 5.36. The maximum atomic E-state index is 12.1. The normalized spacial score (nSPS) is 11.2. The zero-order valence-corrected chi connectivity index (χ0v) is 14.1. The molecular formula is C20H18N2O4. The van der Waals surface area contributed by atoms with Crippen LogP contribution in [0.1, 0.15) is 11.1 Å². The number of hydrogen-bond acceptors (Lipinski definition) is 5. The zero-order valence-electron chi connectivity index (χ0n) is 14.1. The topological polar surface area (TPSA) is 103 Å². The summed E-state index contributed by atoms with van der Waals surface area (Å²) in [5, 5.41) is 30.6. The second kappa shape index (κ2) is 8.94. The molecule has 2 aromatic carbocycles. The van der Waals surface area contributed by atoms with E-state index in [1.54, 1.807) is 25.3 Å². The number of carbonyl (C=O) groups excluding carboxylic acids is 1. The number of nitrogens with zero attached hydrogens (tertiary/aromatic N) is 1. The highest BCUT2D eigenvalue weighted by Crippen LogP contribution is 2.21. The van der Waals surface area contributed by atoms with Crippen molar-refractivity contribution in [3.05, 3.63) is 71.3 Å². The Bertz CT molecular complexity index is 857. The van der Waals surface area contributed by atoms with E-state index < -0.39 is 5.91 Å². The average Bonchev–Trinajstić information content (AvgIpc) is 2.63. The van der Waals surface area contributed by atoms with Crippen LogP contribution in [0.25, 0.3) is 6.08 Å². The van der Waals surface area contributed by atoms with E-state index in [1.807, 2.05) is 18.2 Å². The summed E-state index contributed by atoms with van der Waals surface area (Å²) in [7, 11) is 1.58. The maximum absolute atomic E-state index is 12.1. The standard InChI is InChI=1S/C20H18N2O4/c1-26-19-7-5-14(6-8-19)13-22-20(25)16(12-21)4-2-3-15-9-17(23)11-18(24)10-15/h2-11,23-24H,13H2,1H3,(H,22,25)/b3-2+,16-4+. The molecule has 0 aromatic heterocycles. The van der Waals surface area contributed by atoms with Gasteiger partial charge < -0.3 is 20.3 Å². The third kappa shape index (κ3) is 5.42. The van der Waals surface area contributed by atoms with Gasteiger partial charge in [0.05, 0.1) is 7.11 Å². The smallest absolute Gasteiger partial charge is 0.262 e. The first kappa shape index (κ1) is 18.6. The molecule has 0 atom stereocenters. The fraction of sp³-hybridized carbons (Fsp3) is 0.100. The Hall–Kier alpha value is -3.72. The summed E-state index contributed by atoms with van der Waals surface area (Å²) in [6.45, 7) is 0.284. The summed E-state index contributed by atoms with van der Waals surface area (Å²) in [5.41, 5.74) is 1.36. The number of nitrogens with one attached hydrogen (secondary N) is 1. The van der Waals surface area contributed by atoms with Crippen LogP contribution < -0.4 is 10.1 Å². The number of nitriles is 1. The number of allylic oxidation sites excluding steroid dienone is 2. The van der Waals surface area contributed by atoms with Crippen molar-refractivity contribution in [3.8, 4) is 23.3 Å². The Labute approximate surface area is 151 Å². The number of benzene rings is 2. The number of ether oxygens (including phenoxy) is 1. The molecule has 6 nitrogen and oxygen atoms in total. The van der Waals surface area contributed by atoms with E-state index >= 15 is 0 Å². The summed E-state index contributed by atoms with van der Waals surface area (Å²) in [6.07, 6.45) is 4.43. The van der Waals surface area contributed by atoms with Crippen LogP contribution in [-0.2, 0) is 11.3 Å². The van der Waals surface area contributed by atoms with Gasteiger partial charge in [-0.05, 0) is 41.5 Å². The van der Waals surface area contributed by atoms with Gasteiger partial charge in [-0.25, -0.2) is 0 Å². The first-order chi connectivity index (χ1) is 12.5. The van der Waals surface area contributed by atoms with Gasteiger partial charge >= 0.3 is 0 Å². The first-order valence-electron chi connectivity index (χ1n) is 7.74. The van der Waals surface area contributed by atoms with Gasteiger partial charge in [-0.2, -0.15) is 5.26 Å². The highest BCUT2D eigenvalue weighted by atomic mass is 16.5. The molecule has 6 heteroatoms. The number of hydrogen-bond donors (Lipinski definition) is 3. The van der Waals surface area contributed by atoms with Crippen molar-refractivity contribution < 1.29 is 19.7 Å². The minimum atomic E-state index is -0.494. The van der Waals surface area contributed by atoms with Gasteiger partial charge in [0.25, 0.3) is 5.91 Å². The number of methoxy groups -OCH3 is 1. The van der Waals surface area contributed by atoms with Crippen molar-refractivity contribution >= 4 is 12.0 Å². The van der Waals surface area contributed by atoms with Crippen LogP contribution in [0.2, 0.25) is 0 Å². The molecule has 0 radical (unpaired) electrons. The largest absolute Gasteiger partial charge is 0.508 e. The summed E-state index contributed by atoms with van der Waals surface area (Å²) in [5.74, 6) is 0.0743. The SMILES string of the molecule is COc1ccc(CNC(=O)/C(C#N)=C/C=C/c2cc(O)cc(O)c2)cc1. The maximum Gasteiger partial charge on any atom is 0.262 e. The minimum absolute atomic E-state index is 0.0564. The molecule has 2 aromatic rings. The number of carbonyl (C=O) groups is 1. The van der Waals surface area contributed by atoms with E-state index in [1.165, 1.54) is 30.4 Å². The molecule has 132 valence electrons. The van der Waals surface area contributed by atoms with Crippen molar-refractivity contribution in [2.24, 2.45) is 0 Å². The molecule has 0 unspecified atom stereocenters. The molecular weight excluding hydrogens is 332 g/mol. The van der Waals surface area contributed by atoms with E-state index in [0.717, 1.165) is 11.3 Å². The molecule has 0 bridgehead atoms. The predicted molar refractivity (Wildman–Crippen MR) is 97.3 cm³/mol. The molecule has 26 heavy (non-hydrogen) atoms. The van der Waals surface area contributed by atoms with E-state index in [4.69, 9.17) is 10.00 Å². The van der Waals surface area contributed by atoms with Gasteiger partial charge in [-0.15, -0.1) is 0 Å². The summed E-state index contributed by atoms with van der Waals surface area (Å²) < 4.78 is 5.07. The Kier molecular flexibility index (Phi) is 6.40. The van der Waals surface area contributed by atoms with Gasteiger partial charge in [-0.1, -0.05) is 24.3 Å². The van der Waals surface area contributed by atoms with Crippen LogP contribution in [0.5, 0.6) is 17.2 Å². The van der Waals surface area contributed by atoms with Gasteiger partial charge in [0.15, 0.2) is 0 Å². The number of aromatic hydroxyl groups is 2. The summed E-state index contributed by atoms with van der Waals surface area (Å²) in [6, 6.07) is 13.2. The van der Waals surface area contributed by atoms with Crippen LogP contribution in [0.4, 0.5) is 0 Å². The summed E-state index contributed by atoms with van der Waals surface area (Å²) >= 11 is 0. The lowest BCUT2D eigenvalue weighted by Crippen LogP contribution is -2.23. The van der Waals surface area contributed by atoms with Gasteiger partial charge in [0.1, 0.15) is 28.9 Å². The number of rotatable bonds is 6. The average molecular weight is 350 g/mol. The van der Waals surface area contributed by atoms with E-state index in [9.17, 15) is 15.0 Å². The first-order valence-corrected chi connectivity index (χ1v) is 7.74. The highest BCUT2D eigenvalue weighted by Gasteiger charge is 2.07. The molecule has 0 aliphatic heterocycles. The summed E-state index contributed by atoms with van der Waals surface area (Å²) in [4.78, 5) is 12.1. The lowest BCUT2D eigenvalue weighted by molar-refractivity contribution is -0.117. The lowest BCUT2D eigenvalue weighted by atomic mass is 10.1. The monoisotopic (exact) mass is 350 g/mol. The molecule has 0 aliphatic carbocycles. The molecule has 0 saturated carbocycles. The van der Waals surface area contributed by atoms with E-state index in [0.29, 0.717) is 5.56 Å². The Morgan fingerprint density at radius 2 is 1.85 bits per heavy atom. The molecule has 0 fully saturated rings. The molecule has 2 rings (SSSR count). The molecule has 3 N–H and O–H groups in total. The van der Waals surface area contributed by atoms with Crippen LogP contribution in [0.15, 0.2) is 60.2 Å². The van der Waals surface area contributed by atoms with Crippen molar-refractivity contribution in [1.82, 2.24) is 5.32 Å². The molecule has 0 spiro atoms. The third-order valence-corrected chi connectivity index (χ3v) is 3.45. The van der Waals surface area contributed by atoms with Gasteiger partial charge in [0, 0.05) is 12.6 Å². The Balaban J connectivity index is 1.99.